The topological polar surface area (TPSA) is 99.1 Å². The summed E-state index contributed by atoms with van der Waals surface area (Å²) in [6, 6.07) is 12.4. The second-order valence-corrected chi connectivity index (χ2v) is 9.16. The average molecular weight is 448 g/mol. The Kier molecular flexibility index (Phi) is 5.26. The van der Waals surface area contributed by atoms with Crippen molar-refractivity contribution in [1.82, 2.24) is 4.90 Å². The summed E-state index contributed by atoms with van der Waals surface area (Å²) in [4.78, 5) is 24.0. The van der Waals surface area contributed by atoms with Gasteiger partial charge in [0.25, 0.3) is 0 Å². The van der Waals surface area contributed by atoms with E-state index >= 15 is 0 Å². The Morgan fingerprint density at radius 2 is 1.94 bits per heavy atom. The summed E-state index contributed by atoms with van der Waals surface area (Å²) < 4.78 is 11.7. The molecule has 1 fully saturated rings. The number of benzene rings is 2. The number of carboxylic acid groups (broad SMARTS) is 1. The van der Waals surface area contributed by atoms with Crippen molar-refractivity contribution in [2.45, 2.75) is 43.4 Å². The molecular formula is C26H26NO6-. The van der Waals surface area contributed by atoms with Crippen molar-refractivity contribution in [1.29, 1.82) is 0 Å². The number of esters is 1. The molecule has 0 radical (unpaired) electrons. The molecule has 1 N–H and O–H groups in total. The first-order chi connectivity index (χ1) is 15.8. The Morgan fingerprint density at radius 1 is 1.18 bits per heavy atom. The highest BCUT2D eigenvalue weighted by Gasteiger charge is 2.64. The number of hydrogen-bond acceptors (Lipinski definition) is 7. The van der Waals surface area contributed by atoms with Crippen molar-refractivity contribution < 1.29 is 29.3 Å². The van der Waals surface area contributed by atoms with Crippen molar-refractivity contribution in [2.75, 3.05) is 13.6 Å². The zero-order chi connectivity index (χ0) is 23.3. The van der Waals surface area contributed by atoms with E-state index in [1.54, 1.807) is 18.2 Å². The van der Waals surface area contributed by atoms with Gasteiger partial charge >= 0.3 is 5.97 Å². The molecule has 2 bridgehead atoms. The molecule has 4 aliphatic rings. The molecule has 0 unspecified atom stereocenters. The van der Waals surface area contributed by atoms with Crippen LogP contribution in [0.25, 0.3) is 0 Å². The first-order valence-corrected chi connectivity index (χ1v) is 11.2. The lowest BCUT2D eigenvalue weighted by Gasteiger charge is -2.56. The van der Waals surface area contributed by atoms with E-state index in [-0.39, 0.29) is 23.1 Å². The third-order valence-electron chi connectivity index (χ3n) is 7.40. The predicted octanol–water partition coefficient (Wildman–Crippen LogP) is 1.47. The van der Waals surface area contributed by atoms with Gasteiger partial charge in [-0.05, 0) is 43.6 Å². The summed E-state index contributed by atoms with van der Waals surface area (Å²) in [5.74, 6) is -0.00663. The Morgan fingerprint density at radius 3 is 2.61 bits per heavy atom. The minimum Gasteiger partial charge on any atom is -0.545 e. The lowest BCUT2D eigenvalue weighted by Crippen LogP contribution is -2.64. The standard InChI is InChI=1S/C19H21NO4.C7H6O2/c1-10(21)23-15-6-3-11-9-13-12-4-5-14(22)18-19(12,7-8-20(13)2)16(11)17(15)24-18;8-7(9)6-4-2-1-3-5-6/h3-6,12-14,18,22H,7-9H2,1-2H3;1-5H,(H,8,9)/p-1/t12-,13+,14-,18-,19-;/m0./s1. The number of carbonyl (C=O) groups excluding carboxylic acids is 2. The molecule has 1 saturated heterocycles. The normalized spacial score (nSPS) is 30.4. The maximum Gasteiger partial charge on any atom is 0.308 e. The van der Waals surface area contributed by atoms with Gasteiger partial charge in [0.15, 0.2) is 11.5 Å². The van der Waals surface area contributed by atoms with E-state index in [0.717, 1.165) is 19.4 Å². The molecular weight excluding hydrogens is 422 g/mol. The van der Waals surface area contributed by atoms with Crippen molar-refractivity contribution in [3.8, 4) is 11.5 Å². The van der Waals surface area contributed by atoms with Crippen molar-refractivity contribution >= 4 is 11.9 Å². The monoisotopic (exact) mass is 448 g/mol. The number of hydrogen-bond donors (Lipinski definition) is 1. The summed E-state index contributed by atoms with van der Waals surface area (Å²) in [5.41, 5.74) is 2.45. The number of aromatic carboxylic acids is 1. The molecule has 0 aromatic heterocycles. The van der Waals surface area contributed by atoms with Gasteiger partial charge in [-0.25, -0.2) is 0 Å². The molecule has 2 aromatic carbocycles. The predicted molar refractivity (Wildman–Crippen MR) is 118 cm³/mol. The summed E-state index contributed by atoms with van der Waals surface area (Å²) >= 11 is 0. The molecule has 1 spiro atoms. The van der Waals surface area contributed by atoms with Gasteiger partial charge in [0.2, 0.25) is 0 Å². The van der Waals surface area contributed by atoms with E-state index < -0.39 is 12.1 Å². The molecule has 2 aliphatic heterocycles. The molecule has 2 aromatic rings. The molecule has 7 nitrogen and oxygen atoms in total. The zero-order valence-corrected chi connectivity index (χ0v) is 18.6. The highest BCUT2D eigenvalue weighted by molar-refractivity contribution is 5.85. The number of aliphatic hydroxyl groups is 1. The van der Waals surface area contributed by atoms with Crippen LogP contribution in [0.3, 0.4) is 0 Å². The Labute approximate surface area is 192 Å². The largest absolute Gasteiger partial charge is 0.545 e. The van der Waals surface area contributed by atoms with E-state index in [4.69, 9.17) is 9.47 Å². The van der Waals surface area contributed by atoms with Crippen LogP contribution in [0.1, 0.15) is 34.8 Å². The van der Waals surface area contributed by atoms with Crippen LogP contribution in [-0.4, -0.2) is 53.8 Å². The van der Waals surface area contributed by atoms with Crippen LogP contribution in [0, 0.1) is 5.92 Å². The highest BCUT2D eigenvalue weighted by Crippen LogP contribution is 2.62. The number of nitrogens with zero attached hydrogens (tertiary/aromatic N) is 1. The minimum absolute atomic E-state index is 0.204. The fourth-order valence-electron chi connectivity index (χ4n) is 6.04. The van der Waals surface area contributed by atoms with Crippen molar-refractivity contribution in [3.05, 3.63) is 71.3 Å². The van der Waals surface area contributed by atoms with Gasteiger partial charge in [-0.3, -0.25) is 4.79 Å². The lowest BCUT2D eigenvalue weighted by molar-refractivity contribution is -0.255. The minimum atomic E-state index is -1.13. The SMILES string of the molecule is CC(=O)Oc1ccc2c3c1O[C@H]1[C@@H](O)C=C[C@H]4[C@@H](C2)N(C)CC[C@@]341.O=C([O-])c1ccccc1. The number of carboxylic acids is 1. The highest BCUT2D eigenvalue weighted by atomic mass is 16.6. The van der Waals surface area contributed by atoms with Crippen LogP contribution in [-0.2, 0) is 16.6 Å². The molecule has 33 heavy (non-hydrogen) atoms. The maximum atomic E-state index is 11.5. The van der Waals surface area contributed by atoms with Gasteiger partial charge in [-0.15, -0.1) is 0 Å². The molecule has 6 rings (SSSR count). The first-order valence-electron chi connectivity index (χ1n) is 11.2. The third-order valence-corrected chi connectivity index (χ3v) is 7.40. The fourth-order valence-corrected chi connectivity index (χ4v) is 6.04. The number of rotatable bonds is 2. The van der Waals surface area contributed by atoms with Crippen molar-refractivity contribution in [2.24, 2.45) is 5.92 Å². The summed E-state index contributed by atoms with van der Waals surface area (Å²) in [6.45, 7) is 2.38. The van der Waals surface area contributed by atoms with Gasteiger partial charge in [-0.1, -0.05) is 48.6 Å². The quantitative estimate of drug-likeness (QED) is 0.422. The average Bonchev–Trinajstić information content (AvgIpc) is 3.15. The zero-order valence-electron chi connectivity index (χ0n) is 18.6. The summed E-state index contributed by atoms with van der Waals surface area (Å²) in [6.07, 6.45) is 5.04. The number of ether oxygens (including phenoxy) is 2. The second-order valence-electron chi connectivity index (χ2n) is 9.16. The summed E-state index contributed by atoms with van der Waals surface area (Å²) in [7, 11) is 2.18. The van der Waals surface area contributed by atoms with E-state index in [0.29, 0.717) is 23.5 Å². The number of piperidine rings is 1. The van der Waals surface area contributed by atoms with E-state index in [1.807, 2.05) is 12.1 Å². The van der Waals surface area contributed by atoms with E-state index in [2.05, 4.69) is 24.1 Å². The van der Waals surface area contributed by atoms with Crippen LogP contribution in [0.2, 0.25) is 0 Å². The van der Waals surface area contributed by atoms with Crippen LogP contribution in [0.5, 0.6) is 11.5 Å². The number of aliphatic hydroxyl groups excluding tert-OH is 1. The van der Waals surface area contributed by atoms with Gasteiger partial charge in [0, 0.05) is 29.9 Å². The fraction of sp³-hybridized carbons (Fsp3) is 0.385. The molecule has 0 amide bonds. The van der Waals surface area contributed by atoms with Crippen molar-refractivity contribution in [3.63, 3.8) is 0 Å². The van der Waals surface area contributed by atoms with E-state index in [9.17, 15) is 19.8 Å². The molecule has 0 saturated carbocycles. The molecule has 172 valence electrons. The van der Waals surface area contributed by atoms with Gasteiger partial charge in [0.05, 0.1) is 5.97 Å². The number of likely N-dealkylation sites (tertiary alicyclic amines) is 1. The molecule has 7 heteroatoms. The van der Waals surface area contributed by atoms with Gasteiger partial charge < -0.3 is 29.4 Å². The molecule has 2 aliphatic carbocycles. The Bertz CT molecular complexity index is 1130. The molecule has 5 atom stereocenters. The first kappa shape index (κ1) is 21.7. The van der Waals surface area contributed by atoms with E-state index in [1.165, 1.54) is 30.2 Å². The second kappa shape index (κ2) is 8.01. The number of likely N-dealkylation sites (N-methyl/N-ethyl adjacent to an activating group) is 1. The lowest BCUT2D eigenvalue weighted by atomic mass is 9.53. The smallest absolute Gasteiger partial charge is 0.308 e. The Hall–Kier alpha value is -3.16. The van der Waals surface area contributed by atoms with Crippen LogP contribution >= 0.6 is 0 Å². The van der Waals surface area contributed by atoms with Crippen LogP contribution < -0.4 is 14.6 Å². The maximum absolute atomic E-state index is 11.5. The van der Waals surface area contributed by atoms with Gasteiger partial charge in [0.1, 0.15) is 12.2 Å². The molecule has 2 heterocycles. The third kappa shape index (κ3) is 3.34. The van der Waals surface area contributed by atoms with Crippen LogP contribution in [0.15, 0.2) is 54.6 Å². The number of carbonyl (C=O) groups is 2. The summed E-state index contributed by atoms with van der Waals surface area (Å²) in [5, 5.41) is 20.7. The Balaban J connectivity index is 0.000000215. The van der Waals surface area contributed by atoms with Crippen LogP contribution in [0.4, 0.5) is 0 Å². The van der Waals surface area contributed by atoms with Gasteiger partial charge in [-0.2, -0.15) is 0 Å².